The van der Waals surface area contributed by atoms with Crippen LogP contribution in [0, 0.1) is 5.41 Å². The van der Waals surface area contributed by atoms with E-state index < -0.39 is 0 Å². The molecule has 0 spiro atoms. The summed E-state index contributed by atoms with van der Waals surface area (Å²) in [5.74, 6) is 0. The lowest BCUT2D eigenvalue weighted by Crippen LogP contribution is -2.40. The molecule has 0 rings (SSSR count). The molecule has 0 aliphatic rings. The molecule has 0 saturated carbocycles. The predicted octanol–water partition coefficient (Wildman–Crippen LogP) is 1.64. The summed E-state index contributed by atoms with van der Waals surface area (Å²) >= 11 is 0. The molecule has 0 aromatic carbocycles. The number of likely N-dealkylation sites (N-methyl/N-ethyl adjacent to an activating group) is 1. The van der Waals surface area contributed by atoms with E-state index in [0.29, 0.717) is 0 Å². The molecular weight excluding hydrogens is 138 g/mol. The molecule has 11 heavy (non-hydrogen) atoms. The van der Waals surface area contributed by atoms with E-state index in [1.807, 2.05) is 20.9 Å². The first-order valence-corrected chi connectivity index (χ1v) is 4.30. The van der Waals surface area contributed by atoms with Gasteiger partial charge < -0.3 is 10.4 Å². The van der Waals surface area contributed by atoms with Crippen LogP contribution in [-0.2, 0) is 0 Å². The van der Waals surface area contributed by atoms with Crippen LogP contribution in [0.3, 0.4) is 0 Å². The van der Waals surface area contributed by atoms with Crippen LogP contribution >= 0.6 is 0 Å². The van der Waals surface area contributed by atoms with Crippen LogP contribution in [-0.4, -0.2) is 24.8 Å². The van der Waals surface area contributed by atoms with Gasteiger partial charge in [0.15, 0.2) is 0 Å². The molecule has 0 saturated heterocycles. The Morgan fingerprint density at radius 2 is 1.64 bits per heavy atom. The minimum absolute atomic E-state index is 0.156. The zero-order valence-corrected chi connectivity index (χ0v) is 8.73. The first-order valence-electron chi connectivity index (χ1n) is 4.30. The summed E-state index contributed by atoms with van der Waals surface area (Å²) in [7, 11) is 1.87. The van der Waals surface area contributed by atoms with Gasteiger partial charge in [0.1, 0.15) is 0 Å². The lowest BCUT2D eigenvalue weighted by atomic mass is 9.87. The minimum Gasteiger partial charge on any atom is -0.395 e. The van der Waals surface area contributed by atoms with Crippen molar-refractivity contribution in [2.24, 2.45) is 5.41 Å². The van der Waals surface area contributed by atoms with Crippen molar-refractivity contribution in [1.82, 2.24) is 5.32 Å². The second kappa shape index (κ2) is 6.62. The summed E-state index contributed by atoms with van der Waals surface area (Å²) in [5.41, 5.74) is 0.156. The van der Waals surface area contributed by atoms with Crippen molar-refractivity contribution in [2.75, 3.05) is 13.7 Å². The van der Waals surface area contributed by atoms with Crippen molar-refractivity contribution in [3.8, 4) is 0 Å². The monoisotopic (exact) mass is 161 g/mol. The summed E-state index contributed by atoms with van der Waals surface area (Å²) in [6.45, 7) is 10.5. The van der Waals surface area contributed by atoms with E-state index in [-0.39, 0.29) is 18.1 Å². The second-order valence-electron chi connectivity index (χ2n) is 3.39. The second-order valence-corrected chi connectivity index (χ2v) is 3.39. The number of rotatable bonds is 2. The first kappa shape index (κ1) is 13.5. The van der Waals surface area contributed by atoms with Crippen molar-refractivity contribution >= 4 is 0 Å². The molecule has 0 radical (unpaired) electrons. The van der Waals surface area contributed by atoms with Crippen LogP contribution in [0.1, 0.15) is 34.6 Å². The highest BCUT2D eigenvalue weighted by Gasteiger charge is 2.21. The Morgan fingerprint density at radius 1 is 1.27 bits per heavy atom. The van der Waals surface area contributed by atoms with E-state index in [0.717, 1.165) is 0 Å². The average molecular weight is 161 g/mol. The molecule has 0 aromatic rings. The van der Waals surface area contributed by atoms with Gasteiger partial charge in [-0.25, -0.2) is 0 Å². The molecule has 0 heterocycles. The number of nitrogens with one attached hydrogen (secondary N) is 1. The lowest BCUT2D eigenvalue weighted by Gasteiger charge is -2.28. The van der Waals surface area contributed by atoms with Crippen molar-refractivity contribution in [2.45, 2.75) is 40.7 Å². The first-order chi connectivity index (χ1) is 5.02. The topological polar surface area (TPSA) is 32.3 Å². The maximum Gasteiger partial charge on any atom is 0.0589 e. The Hall–Kier alpha value is -0.0800. The van der Waals surface area contributed by atoms with Gasteiger partial charge in [-0.05, 0) is 12.5 Å². The Balaban J connectivity index is 0. The Morgan fingerprint density at radius 3 is 1.64 bits per heavy atom. The van der Waals surface area contributed by atoms with Gasteiger partial charge in [0, 0.05) is 6.04 Å². The van der Waals surface area contributed by atoms with E-state index in [1.165, 1.54) is 0 Å². The fraction of sp³-hybridized carbons (Fsp3) is 1.00. The van der Waals surface area contributed by atoms with Crippen LogP contribution in [0.15, 0.2) is 0 Å². The molecule has 0 aliphatic carbocycles. The Bertz CT molecular complexity index is 72.1. The molecule has 0 amide bonds. The number of aliphatic hydroxyl groups is 1. The standard InChI is InChI=1S/C7H17NO.C2H6/c1-7(2,3)6(5-9)8-4;1-2/h6,8-9H,5H2,1-4H3;1-2H3. The summed E-state index contributed by atoms with van der Waals surface area (Å²) < 4.78 is 0. The van der Waals surface area contributed by atoms with Gasteiger partial charge in [-0.2, -0.15) is 0 Å². The number of hydrogen-bond acceptors (Lipinski definition) is 2. The third-order valence-electron chi connectivity index (χ3n) is 1.58. The van der Waals surface area contributed by atoms with Crippen LogP contribution in [0.25, 0.3) is 0 Å². The van der Waals surface area contributed by atoms with E-state index in [1.54, 1.807) is 0 Å². The van der Waals surface area contributed by atoms with Crippen molar-refractivity contribution in [3.05, 3.63) is 0 Å². The molecule has 1 atom stereocenters. The number of hydrogen-bond donors (Lipinski definition) is 2. The summed E-state index contributed by atoms with van der Waals surface area (Å²) in [6.07, 6.45) is 0. The van der Waals surface area contributed by atoms with E-state index in [9.17, 15) is 0 Å². The van der Waals surface area contributed by atoms with Gasteiger partial charge in [-0.1, -0.05) is 34.6 Å². The van der Waals surface area contributed by atoms with Crippen molar-refractivity contribution in [3.63, 3.8) is 0 Å². The molecule has 0 fully saturated rings. The van der Waals surface area contributed by atoms with Crippen LogP contribution < -0.4 is 5.32 Å². The van der Waals surface area contributed by atoms with E-state index in [4.69, 9.17) is 5.11 Å². The highest BCUT2D eigenvalue weighted by atomic mass is 16.3. The zero-order chi connectivity index (χ0) is 9.49. The molecule has 0 aliphatic heterocycles. The van der Waals surface area contributed by atoms with E-state index >= 15 is 0 Å². The third kappa shape index (κ3) is 6.32. The molecule has 0 aromatic heterocycles. The van der Waals surface area contributed by atoms with Gasteiger partial charge in [0.05, 0.1) is 6.61 Å². The molecule has 0 bridgehead atoms. The molecule has 70 valence electrons. The maximum absolute atomic E-state index is 8.80. The minimum atomic E-state index is 0.156. The normalized spacial score (nSPS) is 13.4. The Labute approximate surface area is 71.0 Å². The van der Waals surface area contributed by atoms with Gasteiger partial charge in [0.2, 0.25) is 0 Å². The highest BCUT2D eigenvalue weighted by Crippen LogP contribution is 2.17. The lowest BCUT2D eigenvalue weighted by molar-refractivity contribution is 0.166. The summed E-state index contributed by atoms with van der Waals surface area (Å²) in [4.78, 5) is 0. The predicted molar refractivity (Wildman–Crippen MR) is 50.7 cm³/mol. The van der Waals surface area contributed by atoms with Gasteiger partial charge in [0.25, 0.3) is 0 Å². The van der Waals surface area contributed by atoms with E-state index in [2.05, 4.69) is 26.1 Å². The largest absolute Gasteiger partial charge is 0.395 e. The highest BCUT2D eigenvalue weighted by molar-refractivity contribution is 4.77. The fourth-order valence-corrected chi connectivity index (χ4v) is 0.798. The maximum atomic E-state index is 8.80. The quantitative estimate of drug-likeness (QED) is 0.645. The van der Waals surface area contributed by atoms with Crippen LogP contribution in [0.2, 0.25) is 0 Å². The SMILES string of the molecule is CC.CNC(CO)C(C)(C)C. The number of aliphatic hydroxyl groups excluding tert-OH is 1. The summed E-state index contributed by atoms with van der Waals surface area (Å²) in [6, 6.07) is 0.206. The third-order valence-corrected chi connectivity index (χ3v) is 1.58. The Kier molecular flexibility index (Phi) is 8.13. The molecule has 2 heteroatoms. The van der Waals surface area contributed by atoms with Gasteiger partial charge >= 0.3 is 0 Å². The van der Waals surface area contributed by atoms with Crippen molar-refractivity contribution in [1.29, 1.82) is 0 Å². The van der Waals surface area contributed by atoms with Crippen molar-refractivity contribution < 1.29 is 5.11 Å². The zero-order valence-electron chi connectivity index (χ0n) is 8.73. The van der Waals surface area contributed by atoms with Gasteiger partial charge in [-0.15, -0.1) is 0 Å². The smallest absolute Gasteiger partial charge is 0.0589 e. The summed E-state index contributed by atoms with van der Waals surface area (Å²) in [5, 5.41) is 11.8. The molecule has 2 N–H and O–H groups in total. The molecule has 1 unspecified atom stereocenters. The van der Waals surface area contributed by atoms with Gasteiger partial charge in [-0.3, -0.25) is 0 Å². The fourth-order valence-electron chi connectivity index (χ4n) is 0.798. The average Bonchev–Trinajstić information content (AvgIpc) is 1.92. The molecular formula is C9H23NO. The van der Waals surface area contributed by atoms with Crippen LogP contribution in [0.5, 0.6) is 0 Å². The molecule has 2 nitrogen and oxygen atoms in total. The van der Waals surface area contributed by atoms with Crippen LogP contribution in [0.4, 0.5) is 0 Å².